The van der Waals surface area contributed by atoms with Crippen molar-refractivity contribution < 1.29 is 19.1 Å². The Morgan fingerprint density at radius 2 is 1.64 bits per heavy atom. The third-order valence-electron chi connectivity index (χ3n) is 5.78. The summed E-state index contributed by atoms with van der Waals surface area (Å²) in [6, 6.07) is 13.8. The predicted molar refractivity (Wildman–Crippen MR) is 105 cm³/mol. The summed E-state index contributed by atoms with van der Waals surface area (Å²) in [6.45, 7) is 4.06. The zero-order valence-electron chi connectivity index (χ0n) is 16.1. The van der Waals surface area contributed by atoms with Gasteiger partial charge in [0, 0.05) is 0 Å². The Bertz CT molecular complexity index is 934. The molecule has 3 atom stereocenters. The highest BCUT2D eigenvalue weighted by Crippen LogP contribution is 2.44. The van der Waals surface area contributed by atoms with Gasteiger partial charge in [0.2, 0.25) is 11.8 Å². The molecular weight excluding hydrogens is 354 g/mol. The van der Waals surface area contributed by atoms with Gasteiger partial charge in [-0.2, -0.15) is 0 Å². The monoisotopic (exact) mass is 377 g/mol. The molecule has 1 saturated carbocycles. The third-order valence-corrected chi connectivity index (χ3v) is 5.78. The van der Waals surface area contributed by atoms with Crippen molar-refractivity contribution in [2.75, 3.05) is 4.90 Å². The van der Waals surface area contributed by atoms with Crippen molar-refractivity contribution in [2.45, 2.75) is 33.1 Å². The number of hydrogen-bond acceptors (Lipinski definition) is 4. The van der Waals surface area contributed by atoms with Crippen LogP contribution in [0.5, 0.6) is 5.75 Å². The minimum atomic E-state index is -0.516. The first-order valence-corrected chi connectivity index (χ1v) is 9.71. The van der Waals surface area contributed by atoms with E-state index in [0.29, 0.717) is 17.2 Å². The molecule has 2 fully saturated rings. The van der Waals surface area contributed by atoms with E-state index < -0.39 is 5.97 Å². The molecule has 1 aliphatic heterocycles. The summed E-state index contributed by atoms with van der Waals surface area (Å²) in [5.41, 5.74) is 1.81. The molecule has 28 heavy (non-hydrogen) atoms. The van der Waals surface area contributed by atoms with Gasteiger partial charge in [0.1, 0.15) is 0 Å². The van der Waals surface area contributed by atoms with Crippen LogP contribution < -0.4 is 9.64 Å². The van der Waals surface area contributed by atoms with Crippen LogP contribution in [-0.4, -0.2) is 17.8 Å². The van der Waals surface area contributed by atoms with Gasteiger partial charge in [-0.15, -0.1) is 0 Å². The van der Waals surface area contributed by atoms with Crippen molar-refractivity contribution in [2.24, 2.45) is 17.8 Å². The number of anilines is 1. The summed E-state index contributed by atoms with van der Waals surface area (Å²) in [7, 11) is 0. The van der Waals surface area contributed by atoms with Crippen LogP contribution in [0.3, 0.4) is 0 Å². The van der Waals surface area contributed by atoms with Gasteiger partial charge in [-0.05, 0) is 56.4 Å². The second-order valence-electron chi connectivity index (χ2n) is 7.87. The Morgan fingerprint density at radius 3 is 2.39 bits per heavy atom. The molecule has 0 unspecified atom stereocenters. The van der Waals surface area contributed by atoms with Crippen LogP contribution in [0.4, 0.5) is 5.69 Å². The lowest BCUT2D eigenvalue weighted by Crippen LogP contribution is -2.31. The van der Waals surface area contributed by atoms with E-state index in [9.17, 15) is 14.4 Å². The quantitative estimate of drug-likeness (QED) is 0.458. The number of amides is 2. The zero-order valence-corrected chi connectivity index (χ0v) is 16.1. The van der Waals surface area contributed by atoms with E-state index in [1.807, 2.05) is 19.1 Å². The Morgan fingerprint density at radius 1 is 0.964 bits per heavy atom. The fraction of sp³-hybridized carbons (Fsp3) is 0.348. The molecule has 2 aromatic carbocycles. The van der Waals surface area contributed by atoms with Crippen LogP contribution in [-0.2, 0) is 9.59 Å². The van der Waals surface area contributed by atoms with E-state index in [2.05, 4.69) is 6.92 Å². The Hall–Kier alpha value is -2.95. The van der Waals surface area contributed by atoms with Crippen molar-refractivity contribution in [1.82, 2.24) is 0 Å². The predicted octanol–water partition coefficient (Wildman–Crippen LogP) is 4.14. The maximum absolute atomic E-state index is 13.0. The molecule has 2 aromatic rings. The SMILES string of the molecule is Cc1ccc(C(=O)Oc2ccccc2N2C(=O)[C@@H]3CC[C@@H](C)C[C@H]3C2=O)cc1. The van der Waals surface area contributed by atoms with Crippen molar-refractivity contribution in [3.63, 3.8) is 0 Å². The van der Waals surface area contributed by atoms with Gasteiger partial charge in [0.25, 0.3) is 0 Å². The molecular formula is C23H23NO4. The number of para-hydroxylation sites is 2. The molecule has 5 nitrogen and oxygen atoms in total. The van der Waals surface area contributed by atoms with Crippen LogP contribution in [0.15, 0.2) is 48.5 Å². The molecule has 0 N–H and O–H groups in total. The van der Waals surface area contributed by atoms with Crippen LogP contribution >= 0.6 is 0 Å². The number of aryl methyl sites for hydroxylation is 1. The summed E-state index contributed by atoms with van der Waals surface area (Å²) in [4.78, 5) is 39.7. The normalized spacial score (nSPS) is 24.2. The van der Waals surface area contributed by atoms with Gasteiger partial charge in [-0.3, -0.25) is 9.59 Å². The number of rotatable bonds is 3. The third kappa shape index (κ3) is 3.21. The average Bonchev–Trinajstić information content (AvgIpc) is 2.93. The van der Waals surface area contributed by atoms with E-state index >= 15 is 0 Å². The molecule has 0 aromatic heterocycles. The van der Waals surface area contributed by atoms with Crippen LogP contribution in [0.1, 0.15) is 42.1 Å². The average molecular weight is 377 g/mol. The van der Waals surface area contributed by atoms with Gasteiger partial charge in [-0.1, -0.05) is 36.8 Å². The van der Waals surface area contributed by atoms with Gasteiger partial charge in [0.15, 0.2) is 5.75 Å². The van der Waals surface area contributed by atoms with E-state index in [-0.39, 0.29) is 29.4 Å². The Balaban J connectivity index is 1.63. The van der Waals surface area contributed by atoms with E-state index in [0.717, 1.165) is 24.8 Å². The number of benzene rings is 2. The van der Waals surface area contributed by atoms with Gasteiger partial charge in [-0.25, -0.2) is 9.69 Å². The number of fused-ring (bicyclic) bond motifs is 1. The molecule has 1 saturated heterocycles. The standard InChI is InChI=1S/C23H23NO4/c1-14-7-10-16(11-8-14)23(27)28-20-6-4-3-5-19(20)24-21(25)17-12-9-15(2)13-18(17)22(24)26/h3-8,10-11,15,17-18H,9,12-13H2,1-2H3/t15-,17-,18-/m1/s1. The number of hydrogen-bond donors (Lipinski definition) is 0. The van der Waals surface area contributed by atoms with Crippen molar-refractivity contribution in [3.05, 3.63) is 59.7 Å². The van der Waals surface area contributed by atoms with E-state index in [1.165, 1.54) is 4.90 Å². The first kappa shape index (κ1) is 18.4. The molecule has 144 valence electrons. The first-order chi connectivity index (χ1) is 13.5. The summed E-state index contributed by atoms with van der Waals surface area (Å²) in [6.07, 6.45) is 2.42. The van der Waals surface area contributed by atoms with E-state index in [4.69, 9.17) is 4.74 Å². The lowest BCUT2D eigenvalue weighted by Gasteiger charge is -2.25. The molecule has 1 aliphatic carbocycles. The highest BCUT2D eigenvalue weighted by atomic mass is 16.5. The maximum Gasteiger partial charge on any atom is 0.343 e. The number of esters is 1. The number of carbonyl (C=O) groups excluding carboxylic acids is 3. The molecule has 0 bridgehead atoms. The molecule has 0 spiro atoms. The van der Waals surface area contributed by atoms with Crippen molar-refractivity contribution >= 4 is 23.5 Å². The number of carbonyl (C=O) groups is 3. The minimum absolute atomic E-state index is 0.180. The Kier molecular flexibility index (Phi) is 4.75. The first-order valence-electron chi connectivity index (χ1n) is 9.71. The number of imide groups is 1. The summed E-state index contributed by atoms with van der Waals surface area (Å²) < 4.78 is 5.57. The topological polar surface area (TPSA) is 63.7 Å². The maximum atomic E-state index is 13.0. The minimum Gasteiger partial charge on any atom is -0.421 e. The summed E-state index contributed by atoms with van der Waals surface area (Å²) in [5.74, 6) is -0.741. The molecule has 2 amide bonds. The highest BCUT2D eigenvalue weighted by Gasteiger charge is 2.50. The van der Waals surface area contributed by atoms with Crippen LogP contribution in [0.25, 0.3) is 0 Å². The van der Waals surface area contributed by atoms with E-state index in [1.54, 1.807) is 36.4 Å². The lowest BCUT2D eigenvalue weighted by atomic mass is 9.76. The second-order valence-corrected chi connectivity index (χ2v) is 7.87. The molecule has 5 heteroatoms. The van der Waals surface area contributed by atoms with Gasteiger partial charge in [0.05, 0.1) is 23.1 Å². The molecule has 4 rings (SSSR count). The van der Waals surface area contributed by atoms with Crippen LogP contribution in [0, 0.1) is 24.7 Å². The Labute approximate surface area is 164 Å². The molecule has 1 heterocycles. The largest absolute Gasteiger partial charge is 0.421 e. The second kappa shape index (κ2) is 7.23. The number of nitrogens with zero attached hydrogens (tertiary/aromatic N) is 1. The van der Waals surface area contributed by atoms with Crippen LogP contribution in [0.2, 0.25) is 0 Å². The fourth-order valence-corrected chi connectivity index (χ4v) is 4.20. The lowest BCUT2D eigenvalue weighted by molar-refractivity contribution is -0.122. The van der Waals surface area contributed by atoms with Gasteiger partial charge < -0.3 is 4.74 Å². The highest BCUT2D eigenvalue weighted by molar-refractivity contribution is 6.22. The smallest absolute Gasteiger partial charge is 0.343 e. The van der Waals surface area contributed by atoms with Crippen molar-refractivity contribution in [1.29, 1.82) is 0 Å². The number of ether oxygens (including phenoxy) is 1. The van der Waals surface area contributed by atoms with Gasteiger partial charge >= 0.3 is 5.97 Å². The molecule has 0 radical (unpaired) electrons. The van der Waals surface area contributed by atoms with Crippen molar-refractivity contribution in [3.8, 4) is 5.75 Å². The summed E-state index contributed by atoms with van der Waals surface area (Å²) in [5, 5.41) is 0. The molecule has 2 aliphatic rings. The zero-order chi connectivity index (χ0) is 19.8. The summed E-state index contributed by atoms with van der Waals surface area (Å²) >= 11 is 0. The fourth-order valence-electron chi connectivity index (χ4n) is 4.20.